The van der Waals surface area contributed by atoms with E-state index in [0.717, 1.165) is 53.9 Å². The smallest absolute Gasteiger partial charge is 0.230 e. The van der Waals surface area contributed by atoms with Crippen LogP contribution in [0.5, 0.6) is 5.75 Å². The maximum absolute atomic E-state index is 5.56. The SMILES string of the molecule is COc1ccc2ccccc2c1-c1noc(C2CCNCC2)n1. The maximum atomic E-state index is 5.56. The van der Waals surface area contributed by atoms with Crippen molar-refractivity contribution < 1.29 is 9.26 Å². The Morgan fingerprint density at radius 1 is 1.13 bits per heavy atom. The van der Waals surface area contributed by atoms with Gasteiger partial charge in [-0.25, -0.2) is 0 Å². The summed E-state index contributed by atoms with van der Waals surface area (Å²) in [6.45, 7) is 2.00. The number of hydrogen-bond donors (Lipinski definition) is 1. The van der Waals surface area contributed by atoms with Crippen LogP contribution >= 0.6 is 0 Å². The Bertz CT molecular complexity index is 822. The van der Waals surface area contributed by atoms with Gasteiger partial charge in [0.25, 0.3) is 0 Å². The van der Waals surface area contributed by atoms with Gasteiger partial charge < -0.3 is 14.6 Å². The van der Waals surface area contributed by atoms with E-state index < -0.39 is 0 Å². The molecule has 0 atom stereocenters. The predicted molar refractivity (Wildman–Crippen MR) is 88.6 cm³/mol. The van der Waals surface area contributed by atoms with E-state index in [4.69, 9.17) is 9.26 Å². The first-order chi connectivity index (χ1) is 11.4. The summed E-state index contributed by atoms with van der Waals surface area (Å²) in [5.41, 5.74) is 0.898. The topological polar surface area (TPSA) is 60.2 Å². The third kappa shape index (κ3) is 2.57. The molecule has 1 saturated heterocycles. The third-order valence-corrected chi connectivity index (χ3v) is 4.46. The van der Waals surface area contributed by atoms with Gasteiger partial charge in [0, 0.05) is 5.92 Å². The predicted octanol–water partition coefficient (Wildman–Crippen LogP) is 3.37. The third-order valence-electron chi connectivity index (χ3n) is 4.46. The fourth-order valence-corrected chi connectivity index (χ4v) is 3.22. The Hall–Kier alpha value is -2.40. The summed E-state index contributed by atoms with van der Waals surface area (Å²) in [4.78, 5) is 4.68. The zero-order chi connectivity index (χ0) is 15.6. The van der Waals surface area contributed by atoms with Gasteiger partial charge in [-0.2, -0.15) is 4.98 Å². The van der Waals surface area contributed by atoms with E-state index in [2.05, 4.69) is 27.6 Å². The Morgan fingerprint density at radius 3 is 2.78 bits per heavy atom. The molecule has 1 fully saturated rings. The summed E-state index contributed by atoms with van der Waals surface area (Å²) in [5.74, 6) is 2.45. The Labute approximate surface area is 134 Å². The first-order valence-corrected chi connectivity index (χ1v) is 7.97. The largest absolute Gasteiger partial charge is 0.496 e. The molecule has 0 radical (unpaired) electrons. The fourth-order valence-electron chi connectivity index (χ4n) is 3.22. The van der Waals surface area contributed by atoms with Crippen LogP contribution in [-0.4, -0.2) is 30.3 Å². The normalized spacial score (nSPS) is 15.9. The van der Waals surface area contributed by atoms with Crippen LogP contribution in [0.4, 0.5) is 0 Å². The van der Waals surface area contributed by atoms with Crippen LogP contribution in [0.3, 0.4) is 0 Å². The quantitative estimate of drug-likeness (QED) is 0.804. The molecule has 0 saturated carbocycles. The highest BCUT2D eigenvalue weighted by Crippen LogP contribution is 2.36. The summed E-state index contributed by atoms with van der Waals surface area (Å²) < 4.78 is 11.1. The second-order valence-corrected chi connectivity index (χ2v) is 5.84. The zero-order valence-corrected chi connectivity index (χ0v) is 13.1. The van der Waals surface area contributed by atoms with Crippen LogP contribution in [0.2, 0.25) is 0 Å². The highest BCUT2D eigenvalue weighted by Gasteiger charge is 2.23. The van der Waals surface area contributed by atoms with Crippen molar-refractivity contribution in [3.8, 4) is 17.1 Å². The molecular formula is C18H19N3O2. The molecule has 0 bridgehead atoms. The van der Waals surface area contributed by atoms with Crippen LogP contribution < -0.4 is 10.1 Å². The van der Waals surface area contributed by atoms with Gasteiger partial charge in [0.2, 0.25) is 11.7 Å². The Morgan fingerprint density at radius 2 is 1.96 bits per heavy atom. The maximum Gasteiger partial charge on any atom is 0.230 e. The molecule has 5 heteroatoms. The molecule has 1 aromatic heterocycles. The van der Waals surface area contributed by atoms with Crippen LogP contribution in [0.15, 0.2) is 40.9 Å². The number of fused-ring (bicyclic) bond motifs is 1. The van der Waals surface area contributed by atoms with Gasteiger partial charge in [-0.1, -0.05) is 35.5 Å². The molecule has 0 spiro atoms. The number of nitrogens with zero attached hydrogens (tertiary/aromatic N) is 2. The van der Waals surface area contributed by atoms with Crippen LogP contribution in [0, 0.1) is 0 Å². The lowest BCUT2D eigenvalue weighted by Crippen LogP contribution is -2.26. The highest BCUT2D eigenvalue weighted by atomic mass is 16.5. The average Bonchev–Trinajstić information content (AvgIpc) is 3.11. The standard InChI is InChI=1S/C18H19N3O2/c1-22-15-7-6-12-4-2-3-5-14(12)16(15)17-20-18(23-21-17)13-8-10-19-11-9-13/h2-7,13,19H,8-11H2,1H3. The number of aromatic nitrogens is 2. The van der Waals surface area contributed by atoms with Crippen molar-refractivity contribution >= 4 is 10.8 Å². The van der Waals surface area contributed by atoms with Crippen molar-refractivity contribution in [1.82, 2.24) is 15.5 Å². The van der Waals surface area contributed by atoms with Gasteiger partial charge in [0.1, 0.15) is 5.75 Å². The summed E-state index contributed by atoms with van der Waals surface area (Å²) in [7, 11) is 1.67. The van der Waals surface area contributed by atoms with E-state index >= 15 is 0 Å². The van der Waals surface area contributed by atoms with Crippen molar-refractivity contribution in [1.29, 1.82) is 0 Å². The van der Waals surface area contributed by atoms with Crippen molar-refractivity contribution in [3.63, 3.8) is 0 Å². The van der Waals surface area contributed by atoms with E-state index in [1.807, 2.05) is 24.3 Å². The molecule has 118 valence electrons. The lowest BCUT2D eigenvalue weighted by Gasteiger charge is -2.18. The van der Waals surface area contributed by atoms with Gasteiger partial charge in [0.05, 0.1) is 12.7 Å². The van der Waals surface area contributed by atoms with E-state index in [0.29, 0.717) is 11.7 Å². The zero-order valence-electron chi connectivity index (χ0n) is 13.1. The second-order valence-electron chi connectivity index (χ2n) is 5.84. The number of nitrogens with one attached hydrogen (secondary N) is 1. The minimum atomic E-state index is 0.346. The number of piperidine rings is 1. The van der Waals surface area contributed by atoms with E-state index in [1.165, 1.54) is 0 Å². The highest BCUT2D eigenvalue weighted by molar-refractivity contribution is 5.98. The number of rotatable bonds is 3. The lowest BCUT2D eigenvalue weighted by atomic mass is 9.98. The van der Waals surface area contributed by atoms with Crippen LogP contribution in [0.1, 0.15) is 24.7 Å². The number of ether oxygens (including phenoxy) is 1. The first kappa shape index (κ1) is 14.2. The number of methoxy groups -OCH3 is 1. The van der Waals surface area contributed by atoms with Gasteiger partial charge in [-0.05, 0) is 42.8 Å². The molecule has 2 aromatic carbocycles. The molecular weight excluding hydrogens is 290 g/mol. The van der Waals surface area contributed by atoms with E-state index in [9.17, 15) is 0 Å². The minimum absolute atomic E-state index is 0.346. The lowest BCUT2D eigenvalue weighted by molar-refractivity contribution is 0.320. The van der Waals surface area contributed by atoms with Gasteiger partial charge in [-0.3, -0.25) is 0 Å². The molecule has 2 heterocycles. The second kappa shape index (κ2) is 6.01. The molecule has 0 aliphatic carbocycles. The molecule has 0 amide bonds. The summed E-state index contributed by atoms with van der Waals surface area (Å²) in [5, 5.41) is 9.80. The Kier molecular flexibility index (Phi) is 3.71. The molecule has 1 aliphatic heterocycles. The van der Waals surface area contributed by atoms with Gasteiger partial charge in [0.15, 0.2) is 0 Å². The molecule has 5 nitrogen and oxygen atoms in total. The van der Waals surface area contributed by atoms with Crippen molar-refractivity contribution in [2.75, 3.05) is 20.2 Å². The summed E-state index contributed by atoms with van der Waals surface area (Å²) in [6, 6.07) is 12.2. The van der Waals surface area contributed by atoms with E-state index in [-0.39, 0.29) is 0 Å². The fraction of sp³-hybridized carbons (Fsp3) is 0.333. The number of benzene rings is 2. The first-order valence-electron chi connectivity index (χ1n) is 7.97. The van der Waals surface area contributed by atoms with Crippen molar-refractivity contribution in [3.05, 3.63) is 42.3 Å². The average molecular weight is 309 g/mol. The Balaban J connectivity index is 1.81. The summed E-state index contributed by atoms with van der Waals surface area (Å²) in [6.07, 6.45) is 2.07. The molecule has 0 unspecified atom stereocenters. The van der Waals surface area contributed by atoms with Crippen molar-refractivity contribution in [2.24, 2.45) is 0 Å². The van der Waals surface area contributed by atoms with E-state index in [1.54, 1.807) is 7.11 Å². The number of hydrogen-bond acceptors (Lipinski definition) is 5. The molecule has 1 aliphatic rings. The molecule has 23 heavy (non-hydrogen) atoms. The molecule has 4 rings (SSSR count). The van der Waals surface area contributed by atoms with Crippen LogP contribution in [-0.2, 0) is 0 Å². The van der Waals surface area contributed by atoms with Gasteiger partial charge >= 0.3 is 0 Å². The van der Waals surface area contributed by atoms with Crippen LogP contribution in [0.25, 0.3) is 22.2 Å². The minimum Gasteiger partial charge on any atom is -0.496 e. The monoisotopic (exact) mass is 309 g/mol. The van der Waals surface area contributed by atoms with Gasteiger partial charge in [-0.15, -0.1) is 0 Å². The summed E-state index contributed by atoms with van der Waals surface area (Å²) >= 11 is 0. The molecule has 1 N–H and O–H groups in total. The molecule has 3 aromatic rings. The van der Waals surface area contributed by atoms with Crippen molar-refractivity contribution in [2.45, 2.75) is 18.8 Å².